The topological polar surface area (TPSA) is 20.7 Å². The normalized spacial score (nSPS) is 11.1. The third-order valence-corrected chi connectivity index (χ3v) is 3.36. The average molecular weight is 246 g/mol. The molecule has 0 atom stereocenters. The molecule has 0 aliphatic carbocycles. The Balaban J connectivity index is 2.77. The van der Waals surface area contributed by atoms with Gasteiger partial charge in [0.25, 0.3) is 0 Å². The van der Waals surface area contributed by atoms with Crippen molar-refractivity contribution in [2.45, 2.75) is 33.6 Å². The van der Waals surface area contributed by atoms with E-state index in [2.05, 4.69) is 55.4 Å². The maximum absolute atomic E-state index is 5.40. The lowest BCUT2D eigenvalue weighted by Crippen LogP contribution is -2.05. The Hall–Kier alpha value is -1.35. The Morgan fingerprint density at radius 1 is 1.18 bits per heavy atom. The summed E-state index contributed by atoms with van der Waals surface area (Å²) >= 11 is 5.40. The van der Waals surface area contributed by atoms with Crippen LogP contribution in [0.4, 0.5) is 0 Å². The molecule has 2 nitrogen and oxygen atoms in total. The summed E-state index contributed by atoms with van der Waals surface area (Å²) in [5.74, 6) is 0.446. The van der Waals surface area contributed by atoms with E-state index in [1.165, 1.54) is 22.5 Å². The molecule has 3 heteroatoms. The van der Waals surface area contributed by atoms with E-state index in [1.54, 1.807) is 0 Å². The van der Waals surface area contributed by atoms with Crippen LogP contribution in [0.2, 0.25) is 0 Å². The number of rotatable bonds is 2. The van der Waals surface area contributed by atoms with Crippen LogP contribution in [0.5, 0.6) is 0 Å². The van der Waals surface area contributed by atoms with E-state index in [1.807, 2.05) is 6.20 Å². The molecule has 0 aliphatic rings. The summed E-state index contributed by atoms with van der Waals surface area (Å²) < 4.78 is 2.93. The minimum Gasteiger partial charge on any atom is -0.337 e. The highest BCUT2D eigenvalue weighted by molar-refractivity contribution is 7.71. The summed E-state index contributed by atoms with van der Waals surface area (Å²) in [5, 5.41) is 0. The van der Waals surface area contributed by atoms with Crippen molar-refractivity contribution in [3.05, 3.63) is 46.0 Å². The summed E-state index contributed by atoms with van der Waals surface area (Å²) in [5.41, 5.74) is 4.94. The molecule has 0 bridgehead atoms. The molecule has 1 aromatic heterocycles. The number of hydrogen-bond donors (Lipinski definition) is 1. The first-order valence-corrected chi connectivity index (χ1v) is 6.30. The maximum Gasteiger partial charge on any atom is 0.182 e. The van der Waals surface area contributed by atoms with Crippen molar-refractivity contribution in [3.8, 4) is 5.69 Å². The lowest BCUT2D eigenvalue weighted by Gasteiger charge is -2.15. The highest BCUT2D eigenvalue weighted by atomic mass is 32.1. The Morgan fingerprint density at radius 2 is 1.76 bits per heavy atom. The van der Waals surface area contributed by atoms with Gasteiger partial charge >= 0.3 is 0 Å². The quantitative estimate of drug-likeness (QED) is 0.785. The molecule has 1 aromatic carbocycles. The van der Waals surface area contributed by atoms with Crippen molar-refractivity contribution in [3.63, 3.8) is 0 Å². The summed E-state index contributed by atoms with van der Waals surface area (Å²) in [7, 11) is 0. The zero-order valence-corrected chi connectivity index (χ0v) is 11.6. The Labute approximate surface area is 107 Å². The number of nitrogens with one attached hydrogen (secondary N) is 1. The van der Waals surface area contributed by atoms with Crippen LogP contribution in [-0.4, -0.2) is 9.55 Å². The van der Waals surface area contributed by atoms with Gasteiger partial charge in [0.1, 0.15) is 0 Å². The first-order valence-electron chi connectivity index (χ1n) is 5.89. The van der Waals surface area contributed by atoms with Gasteiger partial charge in [-0.2, -0.15) is 0 Å². The van der Waals surface area contributed by atoms with E-state index in [4.69, 9.17) is 12.2 Å². The van der Waals surface area contributed by atoms with Gasteiger partial charge in [-0.3, -0.25) is 4.57 Å². The van der Waals surface area contributed by atoms with Crippen LogP contribution in [0, 0.1) is 18.6 Å². The molecule has 0 radical (unpaired) electrons. The van der Waals surface area contributed by atoms with Crippen molar-refractivity contribution in [2.75, 3.05) is 0 Å². The zero-order chi connectivity index (χ0) is 12.6. The van der Waals surface area contributed by atoms with Gasteiger partial charge in [-0.05, 0) is 43.1 Å². The van der Waals surface area contributed by atoms with Crippen molar-refractivity contribution in [2.24, 2.45) is 0 Å². The molecule has 0 amide bonds. The van der Waals surface area contributed by atoms with Crippen molar-refractivity contribution in [1.29, 1.82) is 0 Å². The van der Waals surface area contributed by atoms with Crippen LogP contribution in [0.3, 0.4) is 0 Å². The van der Waals surface area contributed by atoms with Gasteiger partial charge in [0, 0.05) is 11.9 Å². The van der Waals surface area contributed by atoms with Crippen LogP contribution < -0.4 is 0 Å². The smallest absolute Gasteiger partial charge is 0.182 e. The Kier molecular flexibility index (Phi) is 3.20. The average Bonchev–Trinajstić information content (AvgIpc) is 2.61. The van der Waals surface area contributed by atoms with E-state index in [-0.39, 0.29) is 0 Å². The summed E-state index contributed by atoms with van der Waals surface area (Å²) in [6.07, 6.45) is 2.01. The number of H-pyrrole nitrogens is 1. The molecule has 90 valence electrons. The third kappa shape index (κ3) is 2.07. The second kappa shape index (κ2) is 4.49. The Morgan fingerprint density at radius 3 is 2.29 bits per heavy atom. The molecule has 2 aromatic rings. The van der Waals surface area contributed by atoms with Crippen LogP contribution in [0.15, 0.2) is 24.4 Å². The fourth-order valence-electron chi connectivity index (χ4n) is 2.20. The lowest BCUT2D eigenvalue weighted by molar-refractivity contribution is 0.779. The van der Waals surface area contributed by atoms with Crippen molar-refractivity contribution >= 4 is 12.2 Å². The van der Waals surface area contributed by atoms with Gasteiger partial charge in [0.15, 0.2) is 4.77 Å². The highest BCUT2D eigenvalue weighted by Gasteiger charge is 2.13. The fourth-order valence-corrected chi connectivity index (χ4v) is 2.45. The number of hydrogen-bond acceptors (Lipinski definition) is 1. The Bertz CT molecular complexity index is 570. The molecule has 1 heterocycles. The number of para-hydroxylation sites is 1. The zero-order valence-electron chi connectivity index (χ0n) is 10.7. The van der Waals surface area contributed by atoms with Gasteiger partial charge in [-0.15, -0.1) is 0 Å². The van der Waals surface area contributed by atoms with Gasteiger partial charge in [-0.1, -0.05) is 32.0 Å². The van der Waals surface area contributed by atoms with Gasteiger partial charge in [0.2, 0.25) is 0 Å². The summed E-state index contributed by atoms with van der Waals surface area (Å²) in [4.78, 5) is 3.15. The van der Waals surface area contributed by atoms with E-state index in [0.29, 0.717) is 5.92 Å². The molecule has 0 unspecified atom stereocenters. The number of nitrogens with zero attached hydrogens (tertiary/aromatic N) is 1. The summed E-state index contributed by atoms with van der Waals surface area (Å²) in [6, 6.07) is 6.34. The van der Waals surface area contributed by atoms with Crippen LogP contribution in [-0.2, 0) is 0 Å². The number of aryl methyl sites for hydroxylation is 2. The minimum atomic E-state index is 0.446. The van der Waals surface area contributed by atoms with Crippen molar-refractivity contribution in [1.82, 2.24) is 9.55 Å². The maximum atomic E-state index is 5.40. The van der Waals surface area contributed by atoms with Crippen LogP contribution >= 0.6 is 12.2 Å². The third-order valence-electron chi connectivity index (χ3n) is 3.06. The molecule has 0 fully saturated rings. The molecular formula is C14H18N2S. The van der Waals surface area contributed by atoms with E-state index in [9.17, 15) is 0 Å². The molecule has 0 aliphatic heterocycles. The minimum absolute atomic E-state index is 0.446. The molecular weight excluding hydrogens is 228 g/mol. The lowest BCUT2D eigenvalue weighted by atomic mass is 10.1. The van der Waals surface area contributed by atoms with Crippen LogP contribution in [0.25, 0.3) is 5.69 Å². The van der Waals surface area contributed by atoms with E-state index >= 15 is 0 Å². The highest BCUT2D eigenvalue weighted by Crippen LogP contribution is 2.24. The number of benzene rings is 1. The molecule has 0 saturated heterocycles. The van der Waals surface area contributed by atoms with Gasteiger partial charge < -0.3 is 4.98 Å². The first kappa shape index (κ1) is 12.1. The second-order valence-corrected chi connectivity index (χ2v) is 5.14. The molecule has 1 N–H and O–H groups in total. The standard InChI is InChI=1S/C14H18N2S/c1-9(2)12-8-15-14(17)16(12)13-10(3)6-5-7-11(13)4/h5-9H,1-4H3,(H,15,17). The SMILES string of the molecule is Cc1cccc(C)c1-n1c(C(C)C)c[nH]c1=S. The number of imidazole rings is 1. The molecule has 17 heavy (non-hydrogen) atoms. The number of aromatic amines is 1. The number of aromatic nitrogens is 2. The largest absolute Gasteiger partial charge is 0.337 e. The molecule has 0 spiro atoms. The monoisotopic (exact) mass is 246 g/mol. The van der Waals surface area contributed by atoms with Gasteiger partial charge in [-0.25, -0.2) is 0 Å². The summed E-state index contributed by atoms with van der Waals surface area (Å²) in [6.45, 7) is 8.62. The van der Waals surface area contributed by atoms with Crippen molar-refractivity contribution < 1.29 is 0 Å². The van der Waals surface area contributed by atoms with E-state index < -0.39 is 0 Å². The fraction of sp³-hybridized carbons (Fsp3) is 0.357. The van der Waals surface area contributed by atoms with Crippen LogP contribution in [0.1, 0.15) is 36.6 Å². The predicted molar refractivity (Wildman–Crippen MR) is 74.5 cm³/mol. The van der Waals surface area contributed by atoms with E-state index in [0.717, 1.165) is 4.77 Å². The van der Waals surface area contributed by atoms with Gasteiger partial charge in [0.05, 0.1) is 5.69 Å². The molecule has 0 saturated carbocycles. The molecule has 2 rings (SSSR count). The second-order valence-electron chi connectivity index (χ2n) is 4.75. The first-order chi connectivity index (χ1) is 8.02. The predicted octanol–water partition coefficient (Wildman–Crippen LogP) is 4.28.